The SMILES string of the molecule is CC(C(=O)Nc1ccc2c(c1)OCCO2)N1CCN(Cc2ccc3c(c2)OCO3)CC1. The lowest BCUT2D eigenvalue weighted by Gasteiger charge is -2.37. The zero-order chi connectivity index (χ0) is 21.2. The lowest BCUT2D eigenvalue weighted by Crippen LogP contribution is -2.52. The zero-order valence-corrected chi connectivity index (χ0v) is 17.6. The molecule has 8 nitrogen and oxygen atoms in total. The summed E-state index contributed by atoms with van der Waals surface area (Å²) in [5.74, 6) is 3.01. The molecule has 8 heteroatoms. The lowest BCUT2D eigenvalue weighted by atomic mass is 10.1. The fourth-order valence-electron chi connectivity index (χ4n) is 4.14. The van der Waals surface area contributed by atoms with Gasteiger partial charge < -0.3 is 24.3 Å². The second-order valence-electron chi connectivity index (χ2n) is 8.02. The third-order valence-electron chi connectivity index (χ3n) is 5.99. The number of carbonyl (C=O) groups is 1. The van der Waals surface area contributed by atoms with Crippen molar-refractivity contribution in [2.45, 2.75) is 19.5 Å². The van der Waals surface area contributed by atoms with Gasteiger partial charge in [-0.25, -0.2) is 0 Å². The minimum atomic E-state index is -0.208. The Morgan fingerprint density at radius 2 is 1.58 bits per heavy atom. The van der Waals surface area contributed by atoms with Gasteiger partial charge in [-0.3, -0.25) is 14.6 Å². The summed E-state index contributed by atoms with van der Waals surface area (Å²) in [5, 5.41) is 3.01. The van der Waals surface area contributed by atoms with Crippen LogP contribution in [0.5, 0.6) is 23.0 Å². The van der Waals surface area contributed by atoms with E-state index in [1.165, 1.54) is 5.56 Å². The highest BCUT2D eigenvalue weighted by molar-refractivity contribution is 5.94. The predicted octanol–water partition coefficient (Wildman–Crippen LogP) is 2.33. The number of nitrogens with one attached hydrogen (secondary N) is 1. The van der Waals surface area contributed by atoms with Gasteiger partial charge in [0.2, 0.25) is 12.7 Å². The van der Waals surface area contributed by atoms with Crippen molar-refractivity contribution in [1.82, 2.24) is 9.80 Å². The van der Waals surface area contributed by atoms with Gasteiger partial charge in [-0.2, -0.15) is 0 Å². The minimum absolute atomic E-state index is 0.0131. The van der Waals surface area contributed by atoms with E-state index in [-0.39, 0.29) is 11.9 Å². The maximum atomic E-state index is 12.8. The molecule has 0 aliphatic carbocycles. The van der Waals surface area contributed by atoms with Gasteiger partial charge in [0.15, 0.2) is 23.0 Å². The molecule has 0 spiro atoms. The van der Waals surface area contributed by atoms with Gasteiger partial charge in [0.25, 0.3) is 0 Å². The van der Waals surface area contributed by atoms with Gasteiger partial charge in [0, 0.05) is 44.5 Å². The molecule has 3 aliphatic heterocycles. The van der Waals surface area contributed by atoms with Crippen LogP contribution in [0.15, 0.2) is 36.4 Å². The third-order valence-corrected chi connectivity index (χ3v) is 5.99. The summed E-state index contributed by atoms with van der Waals surface area (Å²) in [6, 6.07) is 11.4. The van der Waals surface area contributed by atoms with Gasteiger partial charge in [-0.1, -0.05) is 6.07 Å². The molecule has 1 fully saturated rings. The monoisotopic (exact) mass is 425 g/mol. The molecule has 3 aliphatic rings. The number of benzene rings is 2. The van der Waals surface area contributed by atoms with E-state index in [4.69, 9.17) is 18.9 Å². The second kappa shape index (κ2) is 8.64. The van der Waals surface area contributed by atoms with Crippen LogP contribution < -0.4 is 24.3 Å². The van der Waals surface area contributed by atoms with Crippen molar-refractivity contribution in [3.05, 3.63) is 42.0 Å². The molecule has 1 N–H and O–H groups in total. The molecular formula is C23H27N3O5. The minimum Gasteiger partial charge on any atom is -0.486 e. The summed E-state index contributed by atoms with van der Waals surface area (Å²) in [5.41, 5.74) is 1.93. The Balaban J connectivity index is 1.13. The average Bonchev–Trinajstić information content (AvgIpc) is 3.27. The molecule has 0 aromatic heterocycles. The average molecular weight is 425 g/mol. The maximum Gasteiger partial charge on any atom is 0.241 e. The highest BCUT2D eigenvalue weighted by Crippen LogP contribution is 2.33. The number of nitrogens with zero attached hydrogens (tertiary/aromatic N) is 2. The molecule has 1 amide bonds. The van der Waals surface area contributed by atoms with Crippen molar-refractivity contribution in [1.29, 1.82) is 0 Å². The van der Waals surface area contributed by atoms with E-state index in [1.54, 1.807) is 0 Å². The number of ether oxygens (including phenoxy) is 4. The molecule has 3 heterocycles. The normalized spacial score (nSPS) is 19.1. The molecule has 0 saturated carbocycles. The van der Waals surface area contributed by atoms with E-state index in [0.717, 1.165) is 55.7 Å². The lowest BCUT2D eigenvalue weighted by molar-refractivity contribution is -0.121. The standard InChI is InChI=1S/C23H27N3O5/c1-16(23(27)24-18-3-5-19-22(13-18)29-11-10-28-19)26-8-6-25(7-9-26)14-17-2-4-20-21(12-17)31-15-30-20/h2-5,12-13,16H,6-11,14-15H2,1H3,(H,24,27). The van der Waals surface area contributed by atoms with Gasteiger partial charge >= 0.3 is 0 Å². The van der Waals surface area contributed by atoms with Crippen molar-refractivity contribution >= 4 is 11.6 Å². The topological polar surface area (TPSA) is 72.5 Å². The quantitative estimate of drug-likeness (QED) is 0.788. The zero-order valence-electron chi connectivity index (χ0n) is 17.6. The number of carbonyl (C=O) groups excluding carboxylic acids is 1. The molecule has 1 atom stereocenters. The van der Waals surface area contributed by atoms with E-state index in [9.17, 15) is 4.79 Å². The van der Waals surface area contributed by atoms with E-state index in [1.807, 2.05) is 31.2 Å². The molecule has 0 bridgehead atoms. The summed E-state index contributed by atoms with van der Waals surface area (Å²) in [6.07, 6.45) is 0. The van der Waals surface area contributed by atoms with Gasteiger partial charge in [-0.15, -0.1) is 0 Å². The molecule has 0 radical (unpaired) electrons. The molecule has 1 unspecified atom stereocenters. The van der Waals surface area contributed by atoms with Crippen LogP contribution in [0.25, 0.3) is 0 Å². The maximum absolute atomic E-state index is 12.8. The summed E-state index contributed by atoms with van der Waals surface area (Å²) in [4.78, 5) is 17.4. The highest BCUT2D eigenvalue weighted by Gasteiger charge is 2.26. The Morgan fingerprint density at radius 1 is 0.903 bits per heavy atom. The van der Waals surface area contributed by atoms with Gasteiger partial charge in [0.05, 0.1) is 6.04 Å². The van der Waals surface area contributed by atoms with Crippen molar-refractivity contribution in [3.63, 3.8) is 0 Å². The number of hydrogen-bond acceptors (Lipinski definition) is 7. The Hall–Kier alpha value is -2.97. The fourth-order valence-corrected chi connectivity index (χ4v) is 4.14. The van der Waals surface area contributed by atoms with Crippen LogP contribution >= 0.6 is 0 Å². The van der Waals surface area contributed by atoms with Crippen molar-refractivity contribution in [3.8, 4) is 23.0 Å². The second-order valence-corrected chi connectivity index (χ2v) is 8.02. The predicted molar refractivity (Wildman–Crippen MR) is 115 cm³/mol. The first kappa shape index (κ1) is 20.0. The molecule has 164 valence electrons. The van der Waals surface area contributed by atoms with Crippen LogP contribution in [0.1, 0.15) is 12.5 Å². The summed E-state index contributed by atoms with van der Waals surface area (Å²) >= 11 is 0. The number of anilines is 1. The van der Waals surface area contributed by atoms with Crippen molar-refractivity contribution in [2.24, 2.45) is 0 Å². The smallest absolute Gasteiger partial charge is 0.241 e. The number of rotatable bonds is 5. The Kier molecular flexibility index (Phi) is 5.57. The molecule has 1 saturated heterocycles. The third kappa shape index (κ3) is 4.40. The molecule has 31 heavy (non-hydrogen) atoms. The molecule has 2 aromatic carbocycles. The van der Waals surface area contributed by atoms with Crippen LogP contribution in [-0.4, -0.2) is 67.9 Å². The van der Waals surface area contributed by atoms with Crippen LogP contribution in [-0.2, 0) is 11.3 Å². The van der Waals surface area contributed by atoms with E-state index in [0.29, 0.717) is 25.8 Å². The first-order chi connectivity index (χ1) is 15.2. The van der Waals surface area contributed by atoms with E-state index < -0.39 is 0 Å². The molecule has 2 aromatic rings. The van der Waals surface area contributed by atoms with Crippen LogP contribution in [0.2, 0.25) is 0 Å². The molecule has 5 rings (SSSR count). The van der Waals surface area contributed by atoms with E-state index >= 15 is 0 Å². The van der Waals surface area contributed by atoms with Crippen molar-refractivity contribution in [2.75, 3.05) is 51.5 Å². The summed E-state index contributed by atoms with van der Waals surface area (Å²) < 4.78 is 22.0. The Bertz CT molecular complexity index is 958. The number of amides is 1. The Morgan fingerprint density at radius 3 is 2.42 bits per heavy atom. The van der Waals surface area contributed by atoms with Gasteiger partial charge in [-0.05, 0) is 36.8 Å². The Labute approximate surface area is 181 Å². The fraction of sp³-hybridized carbons (Fsp3) is 0.435. The van der Waals surface area contributed by atoms with Crippen LogP contribution in [0.4, 0.5) is 5.69 Å². The number of piperazine rings is 1. The van der Waals surface area contributed by atoms with Crippen LogP contribution in [0, 0.1) is 0 Å². The first-order valence-corrected chi connectivity index (χ1v) is 10.7. The van der Waals surface area contributed by atoms with Crippen molar-refractivity contribution < 1.29 is 23.7 Å². The van der Waals surface area contributed by atoms with E-state index in [2.05, 4.69) is 27.2 Å². The summed E-state index contributed by atoms with van der Waals surface area (Å²) in [6.45, 7) is 7.72. The molecular weight excluding hydrogens is 398 g/mol. The largest absolute Gasteiger partial charge is 0.486 e. The number of hydrogen-bond donors (Lipinski definition) is 1. The summed E-state index contributed by atoms with van der Waals surface area (Å²) in [7, 11) is 0. The first-order valence-electron chi connectivity index (χ1n) is 10.7. The number of fused-ring (bicyclic) bond motifs is 2. The van der Waals surface area contributed by atoms with Gasteiger partial charge in [0.1, 0.15) is 13.2 Å². The highest BCUT2D eigenvalue weighted by atomic mass is 16.7. The van der Waals surface area contributed by atoms with Crippen LogP contribution in [0.3, 0.4) is 0 Å².